The molecular formula is C14H20N2O3. The molecule has 1 heterocycles. The van der Waals surface area contributed by atoms with Crippen molar-refractivity contribution in [3.05, 3.63) is 23.9 Å². The summed E-state index contributed by atoms with van der Waals surface area (Å²) in [7, 11) is 0. The molecule has 1 fully saturated rings. The molecule has 104 valence electrons. The fourth-order valence-electron chi connectivity index (χ4n) is 2.14. The Kier molecular flexibility index (Phi) is 4.74. The summed E-state index contributed by atoms with van der Waals surface area (Å²) < 4.78 is 10.5. The lowest BCUT2D eigenvalue weighted by Crippen LogP contribution is -2.41. The summed E-state index contributed by atoms with van der Waals surface area (Å²) in [6.07, 6.45) is 3.90. The molecule has 1 saturated carbocycles. The third-order valence-corrected chi connectivity index (χ3v) is 3.14. The summed E-state index contributed by atoms with van der Waals surface area (Å²) in [6.45, 7) is 4.90. The van der Waals surface area contributed by atoms with E-state index in [0.717, 1.165) is 19.4 Å². The standard InChI is InChI=1S/C14H20N2O3/c1-3-18-11-8-10(9-11)16-13-12(6-5-7-15-13)14(17)19-4-2/h5-7,10-11H,3-4,8-9H2,1-2H3,(H,15,16). The lowest BCUT2D eigenvalue weighted by atomic mass is 9.89. The molecule has 2 rings (SSSR count). The Balaban J connectivity index is 1.95. The summed E-state index contributed by atoms with van der Waals surface area (Å²) in [4.78, 5) is 16.0. The van der Waals surface area contributed by atoms with E-state index in [2.05, 4.69) is 10.3 Å². The number of nitrogens with zero attached hydrogens (tertiary/aromatic N) is 1. The van der Waals surface area contributed by atoms with E-state index < -0.39 is 0 Å². The molecule has 1 aromatic rings. The maximum absolute atomic E-state index is 11.8. The van der Waals surface area contributed by atoms with Crippen molar-refractivity contribution in [3.63, 3.8) is 0 Å². The fraction of sp³-hybridized carbons (Fsp3) is 0.571. The van der Waals surface area contributed by atoms with Gasteiger partial charge in [-0.05, 0) is 38.8 Å². The number of esters is 1. The van der Waals surface area contributed by atoms with Gasteiger partial charge in [-0.2, -0.15) is 0 Å². The van der Waals surface area contributed by atoms with Crippen molar-refractivity contribution in [3.8, 4) is 0 Å². The highest BCUT2D eigenvalue weighted by Crippen LogP contribution is 2.27. The van der Waals surface area contributed by atoms with Crippen LogP contribution in [0.25, 0.3) is 0 Å². The average molecular weight is 264 g/mol. The largest absolute Gasteiger partial charge is 0.462 e. The van der Waals surface area contributed by atoms with Crippen LogP contribution in [0, 0.1) is 0 Å². The number of ether oxygens (including phenoxy) is 2. The second-order valence-corrected chi connectivity index (χ2v) is 4.51. The first-order valence-electron chi connectivity index (χ1n) is 6.74. The highest BCUT2D eigenvalue weighted by Gasteiger charge is 2.30. The van der Waals surface area contributed by atoms with Gasteiger partial charge in [-0.3, -0.25) is 0 Å². The number of carbonyl (C=O) groups excluding carboxylic acids is 1. The lowest BCUT2D eigenvalue weighted by Gasteiger charge is -2.35. The van der Waals surface area contributed by atoms with Crippen LogP contribution in [0.4, 0.5) is 5.82 Å². The molecule has 1 aromatic heterocycles. The second kappa shape index (κ2) is 6.52. The first-order chi connectivity index (χ1) is 9.24. The van der Waals surface area contributed by atoms with E-state index >= 15 is 0 Å². The van der Waals surface area contributed by atoms with Gasteiger partial charge >= 0.3 is 5.97 Å². The van der Waals surface area contributed by atoms with E-state index in [9.17, 15) is 4.79 Å². The Labute approximate surface area is 113 Å². The molecule has 5 heteroatoms. The number of aromatic nitrogens is 1. The fourth-order valence-corrected chi connectivity index (χ4v) is 2.14. The lowest BCUT2D eigenvalue weighted by molar-refractivity contribution is 0.00291. The van der Waals surface area contributed by atoms with Crippen LogP contribution in [0.15, 0.2) is 18.3 Å². The SMILES string of the molecule is CCOC(=O)c1cccnc1NC1CC(OCC)C1. The van der Waals surface area contributed by atoms with Crippen molar-refractivity contribution in [1.82, 2.24) is 4.98 Å². The molecule has 0 aliphatic heterocycles. The van der Waals surface area contributed by atoms with Gasteiger partial charge < -0.3 is 14.8 Å². The summed E-state index contributed by atoms with van der Waals surface area (Å²) in [5, 5.41) is 3.28. The van der Waals surface area contributed by atoms with Gasteiger partial charge in [-0.15, -0.1) is 0 Å². The van der Waals surface area contributed by atoms with E-state index in [0.29, 0.717) is 30.1 Å². The van der Waals surface area contributed by atoms with Crippen molar-refractivity contribution in [1.29, 1.82) is 0 Å². The molecule has 0 spiro atoms. The number of hydrogen-bond acceptors (Lipinski definition) is 5. The van der Waals surface area contributed by atoms with Gasteiger partial charge in [0.05, 0.1) is 12.7 Å². The maximum Gasteiger partial charge on any atom is 0.341 e. The van der Waals surface area contributed by atoms with E-state index in [4.69, 9.17) is 9.47 Å². The Morgan fingerprint density at radius 1 is 1.42 bits per heavy atom. The van der Waals surface area contributed by atoms with Crippen LogP contribution in [-0.2, 0) is 9.47 Å². The van der Waals surface area contributed by atoms with Gasteiger partial charge in [0.15, 0.2) is 0 Å². The van der Waals surface area contributed by atoms with Gasteiger partial charge in [-0.25, -0.2) is 9.78 Å². The van der Waals surface area contributed by atoms with Gasteiger partial charge in [-0.1, -0.05) is 0 Å². The van der Waals surface area contributed by atoms with E-state index in [1.807, 2.05) is 6.92 Å². The molecule has 0 saturated heterocycles. The number of nitrogens with one attached hydrogen (secondary N) is 1. The Bertz CT molecular complexity index is 430. The van der Waals surface area contributed by atoms with E-state index in [1.165, 1.54) is 0 Å². The monoisotopic (exact) mass is 264 g/mol. The molecule has 0 amide bonds. The van der Waals surface area contributed by atoms with Crippen molar-refractivity contribution in [2.45, 2.75) is 38.8 Å². The normalized spacial score (nSPS) is 21.6. The summed E-state index contributed by atoms with van der Waals surface area (Å²) >= 11 is 0. The quantitative estimate of drug-likeness (QED) is 0.798. The smallest absolute Gasteiger partial charge is 0.341 e. The zero-order valence-corrected chi connectivity index (χ0v) is 11.4. The number of hydrogen-bond donors (Lipinski definition) is 1. The zero-order valence-electron chi connectivity index (χ0n) is 11.4. The molecule has 0 aromatic carbocycles. The Morgan fingerprint density at radius 2 is 2.21 bits per heavy atom. The van der Waals surface area contributed by atoms with Crippen LogP contribution in [-0.4, -0.2) is 36.3 Å². The highest BCUT2D eigenvalue weighted by atomic mass is 16.5. The van der Waals surface area contributed by atoms with Gasteiger partial charge in [0.25, 0.3) is 0 Å². The van der Waals surface area contributed by atoms with Crippen molar-refractivity contribution < 1.29 is 14.3 Å². The molecule has 0 unspecified atom stereocenters. The number of carbonyl (C=O) groups is 1. The van der Waals surface area contributed by atoms with Crippen LogP contribution in [0.2, 0.25) is 0 Å². The Morgan fingerprint density at radius 3 is 2.89 bits per heavy atom. The van der Waals surface area contributed by atoms with Crippen LogP contribution in [0.1, 0.15) is 37.0 Å². The number of pyridine rings is 1. The minimum absolute atomic E-state index is 0.319. The molecule has 1 aliphatic carbocycles. The first-order valence-corrected chi connectivity index (χ1v) is 6.74. The highest BCUT2D eigenvalue weighted by molar-refractivity contribution is 5.94. The van der Waals surface area contributed by atoms with Crippen LogP contribution < -0.4 is 5.32 Å². The summed E-state index contributed by atoms with van der Waals surface area (Å²) in [5.74, 6) is 0.264. The predicted octanol–water partition coefficient (Wildman–Crippen LogP) is 2.24. The number of anilines is 1. The van der Waals surface area contributed by atoms with Crippen molar-refractivity contribution in [2.24, 2.45) is 0 Å². The van der Waals surface area contributed by atoms with Crippen LogP contribution >= 0.6 is 0 Å². The molecule has 0 radical (unpaired) electrons. The zero-order chi connectivity index (χ0) is 13.7. The number of rotatable bonds is 6. The van der Waals surface area contributed by atoms with E-state index in [-0.39, 0.29) is 5.97 Å². The molecule has 0 bridgehead atoms. The second-order valence-electron chi connectivity index (χ2n) is 4.51. The van der Waals surface area contributed by atoms with Crippen LogP contribution in [0.3, 0.4) is 0 Å². The van der Waals surface area contributed by atoms with Crippen molar-refractivity contribution in [2.75, 3.05) is 18.5 Å². The van der Waals surface area contributed by atoms with Crippen LogP contribution in [0.5, 0.6) is 0 Å². The van der Waals surface area contributed by atoms with Gasteiger partial charge in [0.1, 0.15) is 11.4 Å². The third-order valence-electron chi connectivity index (χ3n) is 3.14. The average Bonchev–Trinajstić information content (AvgIpc) is 2.37. The minimum atomic E-state index is -0.334. The van der Waals surface area contributed by atoms with Gasteiger partial charge in [0.2, 0.25) is 0 Å². The molecule has 0 atom stereocenters. The van der Waals surface area contributed by atoms with Crippen molar-refractivity contribution >= 4 is 11.8 Å². The molecule has 1 aliphatic rings. The van der Waals surface area contributed by atoms with Gasteiger partial charge in [0, 0.05) is 18.8 Å². The van der Waals surface area contributed by atoms with E-state index in [1.54, 1.807) is 25.3 Å². The predicted molar refractivity (Wildman–Crippen MR) is 72.3 cm³/mol. The first kappa shape index (κ1) is 13.8. The minimum Gasteiger partial charge on any atom is -0.462 e. The molecule has 1 N–H and O–H groups in total. The molecule has 19 heavy (non-hydrogen) atoms. The maximum atomic E-state index is 11.8. The summed E-state index contributed by atoms with van der Waals surface area (Å²) in [5.41, 5.74) is 0.490. The molecular weight excluding hydrogens is 244 g/mol. The topological polar surface area (TPSA) is 60.5 Å². The molecule has 5 nitrogen and oxygen atoms in total. The third kappa shape index (κ3) is 3.44. The summed E-state index contributed by atoms with van der Waals surface area (Å²) in [6, 6.07) is 3.78. The Hall–Kier alpha value is -1.62.